The highest BCUT2D eigenvalue weighted by Gasteiger charge is 2.62. The summed E-state index contributed by atoms with van der Waals surface area (Å²) in [7, 11) is 0. The molecule has 0 spiro atoms. The molecular formula is C30H44ClNO3S. The summed E-state index contributed by atoms with van der Waals surface area (Å²) >= 11 is 7.68. The maximum Gasteiger partial charge on any atom is 0.220 e. The minimum absolute atomic E-state index is 0.0318. The zero-order chi connectivity index (χ0) is 25.8. The van der Waals surface area contributed by atoms with Gasteiger partial charge in [0, 0.05) is 24.1 Å². The van der Waals surface area contributed by atoms with Crippen molar-refractivity contribution in [1.82, 2.24) is 5.32 Å². The third-order valence-corrected chi connectivity index (χ3v) is 12.8. The summed E-state index contributed by atoms with van der Waals surface area (Å²) in [6.45, 7) is 9.27. The van der Waals surface area contributed by atoms with Gasteiger partial charge in [0.15, 0.2) is 0 Å². The van der Waals surface area contributed by atoms with E-state index in [1.165, 1.54) is 25.7 Å². The predicted molar refractivity (Wildman–Crippen MR) is 146 cm³/mol. The van der Waals surface area contributed by atoms with Crippen molar-refractivity contribution < 1.29 is 14.7 Å². The fraction of sp³-hybridized carbons (Fsp3) is 0.800. The SMILES string of the molecule is CC[C@@H](NC(=O)C[C@@H](C)[C@H]1CC[C@H]2[C@@H]3C[C@H](O)[C@@H]4CC(=O)CC[C@]4(C)[C@H]3CC[C@]12C)c1ccc(Cl)s1. The predicted octanol–water partition coefficient (Wildman–Crippen LogP) is 7.19. The van der Waals surface area contributed by atoms with Gasteiger partial charge in [-0.05, 0) is 103 Å². The van der Waals surface area contributed by atoms with E-state index >= 15 is 0 Å². The standard InChI is InChI=1S/C30H44ClNO3S/c1-5-24(26-8-9-27(31)36-26)32-28(35)14-17(2)20-6-7-21-19-16-25(34)23-15-18(33)10-12-30(23,4)22(19)11-13-29(20,21)3/h8-9,17,19-25,34H,5-7,10-16H2,1-4H3,(H,32,35)/t17-,19+,20-,21+,22+,23+,24-,25+,29-,30-/m1/s1. The molecule has 1 aromatic heterocycles. The summed E-state index contributed by atoms with van der Waals surface area (Å²) < 4.78 is 0.763. The monoisotopic (exact) mass is 533 g/mol. The Morgan fingerprint density at radius 3 is 2.61 bits per heavy atom. The molecule has 4 aliphatic rings. The Morgan fingerprint density at radius 1 is 1.17 bits per heavy atom. The van der Waals surface area contributed by atoms with E-state index in [1.807, 2.05) is 12.1 Å². The van der Waals surface area contributed by atoms with Gasteiger partial charge >= 0.3 is 0 Å². The van der Waals surface area contributed by atoms with Crippen LogP contribution in [0.4, 0.5) is 0 Å². The highest BCUT2D eigenvalue weighted by atomic mass is 35.5. The van der Waals surface area contributed by atoms with E-state index in [0.717, 1.165) is 28.5 Å². The van der Waals surface area contributed by atoms with Crippen molar-refractivity contribution in [3.63, 3.8) is 0 Å². The smallest absolute Gasteiger partial charge is 0.220 e. The van der Waals surface area contributed by atoms with Crippen molar-refractivity contribution in [3.8, 4) is 0 Å². The first-order valence-electron chi connectivity index (χ1n) is 14.3. The Kier molecular flexibility index (Phi) is 7.41. The van der Waals surface area contributed by atoms with E-state index in [1.54, 1.807) is 11.3 Å². The molecule has 200 valence electrons. The molecule has 1 heterocycles. The molecule has 0 aromatic carbocycles. The van der Waals surface area contributed by atoms with Crippen LogP contribution >= 0.6 is 22.9 Å². The van der Waals surface area contributed by atoms with Gasteiger partial charge in [0.2, 0.25) is 5.91 Å². The lowest BCUT2D eigenvalue weighted by atomic mass is 9.44. The van der Waals surface area contributed by atoms with Crippen LogP contribution in [0.3, 0.4) is 0 Å². The number of aliphatic hydroxyl groups is 1. The molecule has 4 nitrogen and oxygen atoms in total. The molecule has 2 N–H and O–H groups in total. The summed E-state index contributed by atoms with van der Waals surface area (Å²) in [5.41, 5.74) is 0.334. The fourth-order valence-electron chi connectivity index (χ4n) is 9.64. The van der Waals surface area contributed by atoms with E-state index in [9.17, 15) is 14.7 Å². The molecule has 4 aliphatic carbocycles. The first kappa shape index (κ1) is 26.7. The summed E-state index contributed by atoms with van der Waals surface area (Å²) in [5, 5.41) is 14.5. The van der Waals surface area contributed by atoms with Crippen LogP contribution in [0.2, 0.25) is 4.34 Å². The lowest BCUT2D eigenvalue weighted by molar-refractivity contribution is -0.166. The van der Waals surface area contributed by atoms with Crippen molar-refractivity contribution in [2.45, 2.75) is 104 Å². The molecule has 4 fully saturated rings. The molecule has 0 unspecified atom stereocenters. The average Bonchev–Trinajstić information content (AvgIpc) is 3.41. The lowest BCUT2D eigenvalue weighted by Crippen LogP contribution is -2.58. The van der Waals surface area contributed by atoms with Gasteiger partial charge in [-0.15, -0.1) is 11.3 Å². The molecule has 1 amide bonds. The lowest BCUT2D eigenvalue weighted by Gasteiger charge is -2.61. The van der Waals surface area contributed by atoms with E-state index in [-0.39, 0.29) is 34.8 Å². The minimum atomic E-state index is -0.346. The van der Waals surface area contributed by atoms with E-state index in [4.69, 9.17) is 11.6 Å². The van der Waals surface area contributed by atoms with Gasteiger partial charge in [0.1, 0.15) is 5.78 Å². The Morgan fingerprint density at radius 2 is 1.92 bits per heavy atom. The molecule has 0 radical (unpaired) electrons. The second kappa shape index (κ2) is 10.0. The third-order valence-electron chi connectivity index (χ3n) is 11.4. The number of ketones is 1. The number of carbonyl (C=O) groups excluding carboxylic acids is 2. The number of rotatable bonds is 6. The van der Waals surface area contributed by atoms with Crippen LogP contribution in [0.1, 0.15) is 103 Å². The van der Waals surface area contributed by atoms with E-state index < -0.39 is 0 Å². The van der Waals surface area contributed by atoms with Crippen molar-refractivity contribution in [2.24, 2.45) is 46.3 Å². The van der Waals surface area contributed by atoms with Crippen LogP contribution in [-0.4, -0.2) is 22.9 Å². The molecule has 10 atom stereocenters. The molecular weight excluding hydrogens is 490 g/mol. The zero-order valence-corrected chi connectivity index (χ0v) is 24.0. The number of amides is 1. The van der Waals surface area contributed by atoms with Crippen LogP contribution < -0.4 is 5.32 Å². The Hall–Kier alpha value is -0.910. The molecule has 1 aromatic rings. The van der Waals surface area contributed by atoms with Gasteiger partial charge in [-0.1, -0.05) is 39.3 Å². The number of nitrogens with one attached hydrogen (secondary N) is 1. The topological polar surface area (TPSA) is 66.4 Å². The average molecular weight is 534 g/mol. The van der Waals surface area contributed by atoms with Gasteiger partial charge in [-0.25, -0.2) is 0 Å². The quantitative estimate of drug-likeness (QED) is 0.406. The normalized spacial score (nSPS) is 41.7. The maximum absolute atomic E-state index is 13.1. The summed E-state index contributed by atoms with van der Waals surface area (Å²) in [4.78, 5) is 26.5. The largest absolute Gasteiger partial charge is 0.393 e. The Labute approximate surface area is 226 Å². The molecule has 4 saturated carbocycles. The van der Waals surface area contributed by atoms with Gasteiger partial charge in [0.25, 0.3) is 0 Å². The Balaban J connectivity index is 1.27. The number of halogens is 1. The molecule has 0 saturated heterocycles. The highest BCUT2D eigenvalue weighted by Crippen LogP contribution is 2.68. The summed E-state index contributed by atoms with van der Waals surface area (Å²) in [5.74, 6) is 3.31. The van der Waals surface area contributed by atoms with E-state index in [0.29, 0.717) is 54.6 Å². The zero-order valence-electron chi connectivity index (χ0n) is 22.4. The van der Waals surface area contributed by atoms with Crippen LogP contribution in [0.5, 0.6) is 0 Å². The van der Waals surface area contributed by atoms with Crippen molar-refractivity contribution in [1.29, 1.82) is 0 Å². The van der Waals surface area contributed by atoms with Gasteiger partial charge < -0.3 is 10.4 Å². The molecule has 6 heteroatoms. The molecule has 36 heavy (non-hydrogen) atoms. The van der Waals surface area contributed by atoms with Gasteiger partial charge in [0.05, 0.1) is 16.5 Å². The fourth-order valence-corrected chi connectivity index (χ4v) is 10.8. The molecule has 0 aliphatic heterocycles. The first-order chi connectivity index (χ1) is 17.1. The van der Waals surface area contributed by atoms with Crippen molar-refractivity contribution in [3.05, 3.63) is 21.3 Å². The Bertz CT molecular complexity index is 995. The highest BCUT2D eigenvalue weighted by molar-refractivity contribution is 7.16. The summed E-state index contributed by atoms with van der Waals surface area (Å²) in [6, 6.07) is 3.96. The third kappa shape index (κ3) is 4.49. The number of Topliss-reactive ketones (excluding diaryl/α,β-unsaturated/α-hetero) is 1. The van der Waals surface area contributed by atoms with Crippen molar-refractivity contribution >= 4 is 34.6 Å². The number of hydrogen-bond donors (Lipinski definition) is 2. The summed E-state index contributed by atoms with van der Waals surface area (Å²) in [6.07, 6.45) is 8.99. The second-order valence-electron chi connectivity index (χ2n) is 13.1. The van der Waals surface area contributed by atoms with Crippen LogP contribution in [-0.2, 0) is 9.59 Å². The van der Waals surface area contributed by atoms with Crippen molar-refractivity contribution in [2.75, 3.05) is 0 Å². The number of hydrogen-bond acceptors (Lipinski definition) is 4. The first-order valence-corrected chi connectivity index (χ1v) is 15.5. The number of carbonyl (C=O) groups is 2. The van der Waals surface area contributed by atoms with Crippen LogP contribution in [0.25, 0.3) is 0 Å². The van der Waals surface area contributed by atoms with E-state index in [2.05, 4.69) is 33.0 Å². The number of aliphatic hydroxyl groups excluding tert-OH is 1. The molecule has 0 bridgehead atoms. The van der Waals surface area contributed by atoms with Gasteiger partial charge in [-0.3, -0.25) is 9.59 Å². The van der Waals surface area contributed by atoms with Crippen LogP contribution in [0, 0.1) is 46.3 Å². The number of thiophene rings is 1. The minimum Gasteiger partial charge on any atom is -0.393 e. The maximum atomic E-state index is 13.1. The second-order valence-corrected chi connectivity index (χ2v) is 14.9. The van der Waals surface area contributed by atoms with Crippen LogP contribution in [0.15, 0.2) is 12.1 Å². The number of fused-ring (bicyclic) bond motifs is 5. The molecule has 5 rings (SSSR count). The van der Waals surface area contributed by atoms with Gasteiger partial charge in [-0.2, -0.15) is 0 Å².